The fraction of sp³-hybridized carbons (Fsp3) is 0.632. The van der Waals surface area contributed by atoms with E-state index in [1.165, 1.54) is 19.3 Å². The summed E-state index contributed by atoms with van der Waals surface area (Å²) in [6, 6.07) is 5.72. The van der Waals surface area contributed by atoms with Crippen LogP contribution in [-0.2, 0) is 16.1 Å². The largest absolute Gasteiger partial charge is 0.460 e. The van der Waals surface area contributed by atoms with Crippen molar-refractivity contribution in [1.29, 1.82) is 0 Å². The van der Waals surface area contributed by atoms with Crippen molar-refractivity contribution in [3.63, 3.8) is 0 Å². The molecular formula is C19H21BrO4. The number of carbonyl (C=O) groups is 1. The molecule has 0 saturated heterocycles. The Morgan fingerprint density at radius 2 is 1.92 bits per heavy atom. The second-order valence-corrected chi connectivity index (χ2v) is 9.84. The molecular weight excluding hydrogens is 372 g/mol. The van der Waals surface area contributed by atoms with Crippen LogP contribution in [0.4, 0.5) is 0 Å². The maximum absolute atomic E-state index is 12.9. The van der Waals surface area contributed by atoms with Crippen molar-refractivity contribution in [1.82, 2.24) is 0 Å². The molecule has 0 amide bonds. The molecule has 0 radical (unpaired) electrons. The lowest BCUT2D eigenvalue weighted by molar-refractivity contribution is -0.170. The fourth-order valence-corrected chi connectivity index (χ4v) is 7.17. The zero-order valence-electron chi connectivity index (χ0n) is 13.6. The molecule has 4 nitrogen and oxygen atoms in total. The van der Waals surface area contributed by atoms with E-state index in [-0.39, 0.29) is 22.5 Å². The van der Waals surface area contributed by atoms with Gasteiger partial charge < -0.3 is 14.2 Å². The Kier molecular flexibility index (Phi) is 3.22. The summed E-state index contributed by atoms with van der Waals surface area (Å²) in [5, 5.41) is 0. The van der Waals surface area contributed by atoms with Crippen LogP contribution < -0.4 is 9.47 Å². The van der Waals surface area contributed by atoms with Crippen LogP contribution in [0.1, 0.15) is 44.1 Å². The van der Waals surface area contributed by atoms with Gasteiger partial charge in [0.1, 0.15) is 6.61 Å². The molecule has 1 aromatic carbocycles. The number of fused-ring (bicyclic) bond motifs is 1. The Morgan fingerprint density at radius 3 is 2.67 bits per heavy atom. The summed E-state index contributed by atoms with van der Waals surface area (Å²) in [5.74, 6) is 2.86. The molecule has 24 heavy (non-hydrogen) atoms. The van der Waals surface area contributed by atoms with Gasteiger partial charge >= 0.3 is 5.97 Å². The molecule has 4 aliphatic carbocycles. The maximum atomic E-state index is 12.9. The Bertz CT molecular complexity index is 687. The number of esters is 1. The molecule has 4 fully saturated rings. The van der Waals surface area contributed by atoms with Crippen LogP contribution in [0, 0.1) is 17.3 Å². The lowest BCUT2D eigenvalue weighted by Gasteiger charge is -2.58. The van der Waals surface area contributed by atoms with E-state index < -0.39 is 0 Å². The lowest BCUT2D eigenvalue weighted by Crippen LogP contribution is -2.56. The molecule has 6 rings (SSSR count). The molecule has 0 aromatic heterocycles. The smallest absolute Gasteiger partial charge is 0.312 e. The summed E-state index contributed by atoms with van der Waals surface area (Å²) in [7, 11) is 0. The van der Waals surface area contributed by atoms with Crippen molar-refractivity contribution < 1.29 is 19.0 Å². The van der Waals surface area contributed by atoms with Crippen molar-refractivity contribution in [2.75, 3.05) is 6.79 Å². The van der Waals surface area contributed by atoms with Gasteiger partial charge in [0.2, 0.25) is 6.79 Å². The third-order valence-corrected chi connectivity index (χ3v) is 7.16. The van der Waals surface area contributed by atoms with Crippen molar-refractivity contribution in [2.45, 2.75) is 49.5 Å². The van der Waals surface area contributed by atoms with Gasteiger partial charge in [0.15, 0.2) is 11.5 Å². The van der Waals surface area contributed by atoms with Crippen LogP contribution in [-0.4, -0.2) is 17.1 Å². The molecule has 128 valence electrons. The van der Waals surface area contributed by atoms with Crippen LogP contribution >= 0.6 is 15.9 Å². The normalized spacial score (nSPS) is 38.4. The molecule has 1 aromatic rings. The third kappa shape index (κ3) is 2.35. The monoisotopic (exact) mass is 392 g/mol. The number of benzene rings is 1. The van der Waals surface area contributed by atoms with Crippen molar-refractivity contribution >= 4 is 21.9 Å². The van der Waals surface area contributed by atoms with Gasteiger partial charge in [-0.3, -0.25) is 4.79 Å². The van der Waals surface area contributed by atoms with E-state index in [9.17, 15) is 4.79 Å². The van der Waals surface area contributed by atoms with Crippen LogP contribution in [0.5, 0.6) is 11.5 Å². The lowest BCUT2D eigenvalue weighted by atomic mass is 9.49. The van der Waals surface area contributed by atoms with Crippen molar-refractivity contribution in [3.05, 3.63) is 23.8 Å². The summed E-state index contributed by atoms with van der Waals surface area (Å²) < 4.78 is 16.6. The average molecular weight is 393 g/mol. The van der Waals surface area contributed by atoms with Gasteiger partial charge in [0, 0.05) is 4.32 Å². The molecule has 5 heteroatoms. The van der Waals surface area contributed by atoms with E-state index in [2.05, 4.69) is 15.9 Å². The quantitative estimate of drug-likeness (QED) is 0.571. The van der Waals surface area contributed by atoms with Gasteiger partial charge in [-0.1, -0.05) is 22.0 Å². The molecule has 4 bridgehead atoms. The van der Waals surface area contributed by atoms with Gasteiger partial charge in [0.25, 0.3) is 0 Å². The number of carbonyl (C=O) groups excluding carboxylic acids is 1. The van der Waals surface area contributed by atoms with Gasteiger partial charge in [-0.15, -0.1) is 0 Å². The minimum Gasteiger partial charge on any atom is -0.460 e. The molecule has 0 spiro atoms. The maximum Gasteiger partial charge on any atom is 0.312 e. The van der Waals surface area contributed by atoms with Gasteiger partial charge in [-0.05, 0) is 68.1 Å². The predicted molar refractivity (Wildman–Crippen MR) is 91.1 cm³/mol. The van der Waals surface area contributed by atoms with E-state index in [1.54, 1.807) is 0 Å². The zero-order chi connectivity index (χ0) is 16.4. The van der Waals surface area contributed by atoms with Gasteiger partial charge in [-0.25, -0.2) is 0 Å². The van der Waals surface area contributed by atoms with Gasteiger partial charge in [0.05, 0.1) is 5.41 Å². The Labute approximate surface area is 150 Å². The highest BCUT2D eigenvalue weighted by Gasteiger charge is 2.60. The molecule has 1 aliphatic heterocycles. The number of rotatable bonds is 3. The van der Waals surface area contributed by atoms with E-state index in [4.69, 9.17) is 14.2 Å². The Hall–Kier alpha value is -1.23. The highest BCUT2D eigenvalue weighted by molar-refractivity contribution is 9.10. The predicted octanol–water partition coefficient (Wildman–Crippen LogP) is 4.19. The number of halogens is 1. The Balaban J connectivity index is 1.30. The summed E-state index contributed by atoms with van der Waals surface area (Å²) in [4.78, 5) is 12.9. The Morgan fingerprint density at radius 1 is 1.17 bits per heavy atom. The summed E-state index contributed by atoms with van der Waals surface area (Å²) in [5.41, 5.74) is 0.690. The summed E-state index contributed by atoms with van der Waals surface area (Å²) in [6.45, 7) is 0.569. The van der Waals surface area contributed by atoms with E-state index in [1.807, 2.05) is 18.2 Å². The first-order valence-corrected chi connectivity index (χ1v) is 9.58. The minimum absolute atomic E-state index is 0.00177. The van der Waals surface area contributed by atoms with Crippen molar-refractivity contribution in [3.8, 4) is 11.5 Å². The van der Waals surface area contributed by atoms with E-state index in [0.717, 1.165) is 36.3 Å². The third-order valence-electron chi connectivity index (χ3n) is 6.23. The standard InChI is InChI=1S/C19H21BrO4/c20-19-7-13-3-14(8-19)6-18(5-13,10-19)17(21)22-9-12-1-2-15-16(4-12)24-11-23-15/h1-2,4,13-14H,3,5-11H2/t13-,14+,18?,19?. The second-order valence-electron chi connectivity index (χ2n) is 8.16. The highest BCUT2D eigenvalue weighted by Crippen LogP contribution is 2.64. The molecule has 5 aliphatic rings. The topological polar surface area (TPSA) is 44.8 Å². The van der Waals surface area contributed by atoms with Crippen LogP contribution in [0.15, 0.2) is 18.2 Å². The molecule has 4 saturated carbocycles. The van der Waals surface area contributed by atoms with Crippen LogP contribution in [0.2, 0.25) is 0 Å². The molecule has 0 N–H and O–H groups in total. The number of ether oxygens (including phenoxy) is 3. The first kappa shape index (κ1) is 15.1. The number of hydrogen-bond acceptors (Lipinski definition) is 4. The SMILES string of the molecule is O=C(OCc1ccc2c(c1)OCO2)C12C[C@@H]3C[C@@H](CC(Br)(C3)C1)C2. The average Bonchev–Trinajstić information content (AvgIpc) is 2.97. The second kappa shape index (κ2) is 5.13. The zero-order valence-corrected chi connectivity index (χ0v) is 15.1. The van der Waals surface area contributed by atoms with E-state index in [0.29, 0.717) is 18.4 Å². The summed E-state index contributed by atoms with van der Waals surface area (Å²) >= 11 is 3.95. The fourth-order valence-electron chi connectivity index (χ4n) is 5.72. The minimum atomic E-state index is -0.260. The van der Waals surface area contributed by atoms with Crippen LogP contribution in [0.3, 0.4) is 0 Å². The number of alkyl halides is 1. The summed E-state index contributed by atoms with van der Waals surface area (Å²) in [6.07, 6.45) is 6.70. The van der Waals surface area contributed by atoms with E-state index >= 15 is 0 Å². The first-order valence-electron chi connectivity index (χ1n) is 8.78. The molecule has 2 unspecified atom stereocenters. The van der Waals surface area contributed by atoms with Gasteiger partial charge in [-0.2, -0.15) is 0 Å². The van der Waals surface area contributed by atoms with Crippen LogP contribution in [0.25, 0.3) is 0 Å². The molecule has 4 atom stereocenters. The highest BCUT2D eigenvalue weighted by atomic mass is 79.9. The van der Waals surface area contributed by atoms with Crippen molar-refractivity contribution in [2.24, 2.45) is 17.3 Å². The number of hydrogen-bond donors (Lipinski definition) is 0. The molecule has 1 heterocycles. The first-order chi connectivity index (χ1) is 11.5.